The van der Waals surface area contributed by atoms with Crippen LogP contribution < -0.4 is 10.9 Å². The topological polar surface area (TPSA) is 97.1 Å². The van der Waals surface area contributed by atoms with Gasteiger partial charge in [0.1, 0.15) is 16.8 Å². The minimum absolute atomic E-state index is 0.259. The van der Waals surface area contributed by atoms with Gasteiger partial charge in [0.25, 0.3) is 11.5 Å². The third-order valence-corrected chi connectivity index (χ3v) is 3.69. The van der Waals surface area contributed by atoms with Gasteiger partial charge >= 0.3 is 0 Å². The van der Waals surface area contributed by atoms with Crippen molar-refractivity contribution in [3.8, 4) is 5.75 Å². The summed E-state index contributed by atoms with van der Waals surface area (Å²) in [6, 6.07) is 6.82. The summed E-state index contributed by atoms with van der Waals surface area (Å²) >= 11 is 1.12. The van der Waals surface area contributed by atoms with Crippen LogP contribution in [0, 0.1) is 0 Å². The molecule has 0 saturated heterocycles. The molecule has 21 heavy (non-hydrogen) atoms. The number of aromatic nitrogens is 3. The highest BCUT2D eigenvalue weighted by atomic mass is 32.1. The number of pyridine rings is 1. The average molecular weight is 302 g/mol. The van der Waals surface area contributed by atoms with E-state index >= 15 is 0 Å². The third kappa shape index (κ3) is 2.15. The van der Waals surface area contributed by atoms with Crippen molar-refractivity contribution in [2.75, 3.05) is 5.32 Å². The number of anilines is 1. The van der Waals surface area contributed by atoms with Crippen molar-refractivity contribution in [3.05, 3.63) is 45.7 Å². The molecular weight excluding hydrogens is 292 g/mol. The van der Waals surface area contributed by atoms with E-state index in [2.05, 4.69) is 15.5 Å². The number of carbonyl (C=O) groups excluding carboxylic acids is 1. The number of nitrogens with one attached hydrogen (secondary N) is 1. The van der Waals surface area contributed by atoms with Crippen LogP contribution in [0.3, 0.4) is 0 Å². The van der Waals surface area contributed by atoms with Crippen LogP contribution in [0.1, 0.15) is 10.4 Å². The molecule has 0 aliphatic carbocycles. The average Bonchev–Trinajstić information content (AvgIpc) is 2.98. The van der Waals surface area contributed by atoms with Gasteiger partial charge in [0, 0.05) is 12.4 Å². The Bertz CT molecular complexity index is 886. The number of para-hydroxylation sites is 1. The van der Waals surface area contributed by atoms with E-state index in [1.807, 2.05) is 0 Å². The summed E-state index contributed by atoms with van der Waals surface area (Å²) in [4.78, 5) is 24.5. The minimum atomic E-state index is -0.712. The zero-order chi connectivity index (χ0) is 15.0. The quantitative estimate of drug-likeness (QED) is 0.744. The highest BCUT2D eigenvalue weighted by Gasteiger charge is 2.21. The van der Waals surface area contributed by atoms with Gasteiger partial charge in [-0.2, -0.15) is 0 Å². The van der Waals surface area contributed by atoms with Gasteiger partial charge in [-0.1, -0.05) is 23.5 Å². The molecule has 1 amide bonds. The van der Waals surface area contributed by atoms with Crippen molar-refractivity contribution in [3.63, 3.8) is 0 Å². The standard InChI is InChI=1S/C13H10N4O3S/c1-17-8-5-3-2-4-7(8)10(18)9(12(17)20)11(19)15-13-16-14-6-21-13/h2-6,18H,1H3,(H,15,16,19). The first-order chi connectivity index (χ1) is 10.1. The van der Waals surface area contributed by atoms with E-state index in [0.29, 0.717) is 10.9 Å². The second kappa shape index (κ2) is 4.98. The van der Waals surface area contributed by atoms with Crippen molar-refractivity contribution in [2.24, 2.45) is 7.05 Å². The Morgan fingerprint density at radius 3 is 2.86 bits per heavy atom. The second-order valence-corrected chi connectivity index (χ2v) is 5.14. The molecule has 3 rings (SSSR count). The van der Waals surface area contributed by atoms with Gasteiger partial charge in [-0.05, 0) is 12.1 Å². The molecular formula is C13H10N4O3S. The molecule has 2 N–H and O–H groups in total. The zero-order valence-corrected chi connectivity index (χ0v) is 11.7. The molecule has 0 saturated carbocycles. The van der Waals surface area contributed by atoms with Gasteiger partial charge in [-0.15, -0.1) is 10.2 Å². The van der Waals surface area contributed by atoms with Crippen LogP contribution in [0.4, 0.5) is 5.13 Å². The molecule has 3 aromatic rings. The van der Waals surface area contributed by atoms with Gasteiger partial charge in [0.15, 0.2) is 0 Å². The highest BCUT2D eigenvalue weighted by molar-refractivity contribution is 7.13. The number of hydrogen-bond acceptors (Lipinski definition) is 6. The summed E-state index contributed by atoms with van der Waals surface area (Å²) in [5, 5.41) is 20.6. The maximum absolute atomic E-state index is 12.3. The Morgan fingerprint density at radius 2 is 2.14 bits per heavy atom. The van der Waals surface area contributed by atoms with Crippen LogP contribution in [0.2, 0.25) is 0 Å². The van der Waals surface area contributed by atoms with Crippen LogP contribution >= 0.6 is 11.3 Å². The first kappa shape index (κ1) is 13.3. The summed E-state index contributed by atoms with van der Waals surface area (Å²) in [5.41, 5.74) is 1.11. The normalized spacial score (nSPS) is 10.7. The highest BCUT2D eigenvalue weighted by Crippen LogP contribution is 2.26. The molecule has 0 aliphatic rings. The Hall–Kier alpha value is -2.74. The van der Waals surface area contributed by atoms with Gasteiger partial charge < -0.3 is 9.67 Å². The number of rotatable bonds is 2. The van der Waals surface area contributed by atoms with Gasteiger partial charge in [-0.25, -0.2) is 0 Å². The number of hydrogen-bond donors (Lipinski definition) is 2. The summed E-state index contributed by atoms with van der Waals surface area (Å²) in [6.07, 6.45) is 0. The van der Waals surface area contributed by atoms with Crippen molar-refractivity contribution in [1.29, 1.82) is 0 Å². The molecule has 2 heterocycles. The lowest BCUT2D eigenvalue weighted by Gasteiger charge is -2.10. The number of carbonyl (C=O) groups is 1. The first-order valence-corrected chi connectivity index (χ1v) is 6.85. The second-order valence-electron chi connectivity index (χ2n) is 4.30. The molecule has 8 heteroatoms. The lowest BCUT2D eigenvalue weighted by molar-refractivity contribution is 0.102. The molecule has 0 unspecified atom stereocenters. The lowest BCUT2D eigenvalue weighted by atomic mass is 10.1. The Kier molecular flexibility index (Phi) is 3.15. The fourth-order valence-corrected chi connectivity index (χ4v) is 2.51. The van der Waals surface area contributed by atoms with E-state index in [1.165, 1.54) is 10.1 Å². The molecule has 0 fully saturated rings. The minimum Gasteiger partial charge on any atom is -0.506 e. The first-order valence-electron chi connectivity index (χ1n) is 5.98. The number of aromatic hydroxyl groups is 1. The van der Waals surface area contributed by atoms with Gasteiger partial charge in [0.05, 0.1) is 5.52 Å². The van der Waals surface area contributed by atoms with Crippen molar-refractivity contribution >= 4 is 33.3 Å². The maximum atomic E-state index is 12.3. The number of fused-ring (bicyclic) bond motifs is 1. The Balaban J connectivity index is 2.18. The van der Waals surface area contributed by atoms with E-state index in [9.17, 15) is 14.7 Å². The van der Waals surface area contributed by atoms with Crippen LogP contribution in [-0.2, 0) is 7.05 Å². The van der Waals surface area contributed by atoms with E-state index < -0.39 is 11.5 Å². The third-order valence-electron chi connectivity index (χ3n) is 3.08. The SMILES string of the molecule is Cn1c(=O)c(C(=O)Nc2nncs2)c(O)c2ccccc21. The summed E-state index contributed by atoms with van der Waals surface area (Å²) in [5.74, 6) is -1.05. The van der Waals surface area contributed by atoms with E-state index in [-0.39, 0.29) is 16.4 Å². The van der Waals surface area contributed by atoms with Gasteiger partial charge in [0.2, 0.25) is 5.13 Å². The lowest BCUT2D eigenvalue weighted by Crippen LogP contribution is -2.28. The van der Waals surface area contributed by atoms with Crippen LogP contribution in [0.25, 0.3) is 10.9 Å². The largest absolute Gasteiger partial charge is 0.506 e. The number of benzene rings is 1. The monoisotopic (exact) mass is 302 g/mol. The molecule has 0 bridgehead atoms. The Labute approximate surface area is 122 Å². The van der Waals surface area contributed by atoms with Gasteiger partial charge in [-0.3, -0.25) is 14.9 Å². The number of aryl methyl sites for hydroxylation is 1. The van der Waals surface area contributed by atoms with Crippen LogP contribution in [0.5, 0.6) is 5.75 Å². The molecule has 0 aliphatic heterocycles. The summed E-state index contributed by atoms with van der Waals surface area (Å²) < 4.78 is 1.32. The van der Waals surface area contributed by atoms with Crippen molar-refractivity contribution in [2.45, 2.75) is 0 Å². The van der Waals surface area contributed by atoms with Crippen molar-refractivity contribution in [1.82, 2.24) is 14.8 Å². The molecule has 7 nitrogen and oxygen atoms in total. The Morgan fingerprint density at radius 1 is 1.38 bits per heavy atom. The van der Waals surface area contributed by atoms with Crippen LogP contribution in [0.15, 0.2) is 34.6 Å². The predicted molar refractivity (Wildman–Crippen MR) is 78.7 cm³/mol. The number of amides is 1. The molecule has 106 valence electrons. The number of nitrogens with zero attached hydrogens (tertiary/aromatic N) is 3. The smallest absolute Gasteiger partial charge is 0.267 e. The van der Waals surface area contributed by atoms with Crippen molar-refractivity contribution < 1.29 is 9.90 Å². The predicted octanol–water partition coefficient (Wildman–Crippen LogP) is 1.35. The summed E-state index contributed by atoms with van der Waals surface area (Å²) in [7, 11) is 1.55. The van der Waals surface area contributed by atoms with Crippen LogP contribution in [-0.4, -0.2) is 25.8 Å². The van der Waals surface area contributed by atoms with E-state index in [1.54, 1.807) is 31.3 Å². The van der Waals surface area contributed by atoms with E-state index in [4.69, 9.17) is 0 Å². The molecule has 0 atom stereocenters. The van der Waals surface area contributed by atoms with E-state index in [0.717, 1.165) is 11.3 Å². The maximum Gasteiger partial charge on any atom is 0.267 e. The summed E-state index contributed by atoms with van der Waals surface area (Å²) in [6.45, 7) is 0. The molecule has 1 aromatic carbocycles. The fraction of sp³-hybridized carbons (Fsp3) is 0.0769. The molecule has 0 radical (unpaired) electrons. The zero-order valence-electron chi connectivity index (χ0n) is 10.9. The molecule has 2 aromatic heterocycles. The fourth-order valence-electron chi connectivity index (χ4n) is 2.07. The molecule has 0 spiro atoms.